The van der Waals surface area contributed by atoms with Gasteiger partial charge in [-0.1, -0.05) is 16.8 Å². The van der Waals surface area contributed by atoms with Gasteiger partial charge in [-0.25, -0.2) is 0 Å². The van der Waals surface area contributed by atoms with E-state index in [4.69, 9.17) is 16.1 Å². The van der Waals surface area contributed by atoms with Crippen molar-refractivity contribution >= 4 is 17.2 Å². The number of halogens is 1. The fourth-order valence-electron chi connectivity index (χ4n) is 3.88. The van der Waals surface area contributed by atoms with Crippen molar-refractivity contribution in [1.29, 1.82) is 0 Å². The SMILES string of the molecule is Cc1cc(-c2nnc3c4c(c(Cl)nn23)C(C(C)O)CCC4C(C)O)no1. The Morgan fingerprint density at radius 1 is 1.15 bits per heavy atom. The number of hydrogen-bond acceptors (Lipinski definition) is 7. The van der Waals surface area contributed by atoms with Gasteiger partial charge in [-0.3, -0.25) is 0 Å². The van der Waals surface area contributed by atoms with E-state index >= 15 is 0 Å². The first-order chi connectivity index (χ1) is 12.4. The van der Waals surface area contributed by atoms with Crippen LogP contribution < -0.4 is 0 Å². The standard InChI is InChI=1S/C17H20ClN5O3/c1-7-6-12(22-26-7)16-19-20-17-14-11(9(3)25)5-4-10(8(2)24)13(14)15(18)21-23(16)17/h6,8-11,24-25H,4-5H2,1-3H3. The molecule has 0 radical (unpaired) electrons. The van der Waals surface area contributed by atoms with E-state index in [0.717, 1.165) is 24.0 Å². The first kappa shape index (κ1) is 17.4. The first-order valence-corrected chi connectivity index (χ1v) is 9.00. The van der Waals surface area contributed by atoms with Crippen molar-refractivity contribution in [3.05, 3.63) is 28.1 Å². The fourth-order valence-corrected chi connectivity index (χ4v) is 4.20. The number of aryl methyl sites for hydroxylation is 1. The molecule has 0 fully saturated rings. The number of fused-ring (bicyclic) bond motifs is 3. The topological polar surface area (TPSA) is 110 Å². The Balaban J connectivity index is 2.00. The minimum Gasteiger partial charge on any atom is -0.393 e. The molecule has 3 aromatic heterocycles. The highest BCUT2D eigenvalue weighted by Crippen LogP contribution is 2.46. The molecule has 0 aliphatic heterocycles. The molecule has 9 heteroatoms. The second-order valence-corrected chi connectivity index (χ2v) is 7.33. The lowest BCUT2D eigenvalue weighted by atomic mass is 9.74. The quantitative estimate of drug-likeness (QED) is 0.721. The minimum atomic E-state index is -0.583. The van der Waals surface area contributed by atoms with E-state index in [-0.39, 0.29) is 17.0 Å². The summed E-state index contributed by atoms with van der Waals surface area (Å²) < 4.78 is 6.66. The van der Waals surface area contributed by atoms with Gasteiger partial charge in [0.2, 0.25) is 5.82 Å². The summed E-state index contributed by atoms with van der Waals surface area (Å²) in [5.74, 6) is 0.764. The van der Waals surface area contributed by atoms with Crippen LogP contribution in [0.15, 0.2) is 10.6 Å². The Bertz CT molecular complexity index is 965. The van der Waals surface area contributed by atoms with Crippen molar-refractivity contribution in [3.8, 4) is 11.5 Å². The van der Waals surface area contributed by atoms with Gasteiger partial charge >= 0.3 is 0 Å². The zero-order valence-corrected chi connectivity index (χ0v) is 15.5. The van der Waals surface area contributed by atoms with Gasteiger partial charge in [-0.2, -0.15) is 9.61 Å². The van der Waals surface area contributed by atoms with Crippen LogP contribution in [-0.4, -0.2) is 47.4 Å². The summed E-state index contributed by atoms with van der Waals surface area (Å²) in [6.45, 7) is 5.28. The lowest BCUT2D eigenvalue weighted by molar-refractivity contribution is 0.123. The van der Waals surface area contributed by atoms with E-state index in [9.17, 15) is 10.2 Å². The Labute approximate surface area is 154 Å². The molecule has 4 rings (SSSR count). The van der Waals surface area contributed by atoms with Crippen LogP contribution in [0.3, 0.4) is 0 Å². The van der Waals surface area contributed by atoms with Crippen molar-refractivity contribution in [2.75, 3.05) is 0 Å². The van der Waals surface area contributed by atoms with Gasteiger partial charge in [0.1, 0.15) is 5.76 Å². The molecule has 0 saturated carbocycles. The van der Waals surface area contributed by atoms with Crippen molar-refractivity contribution in [2.45, 2.75) is 57.7 Å². The van der Waals surface area contributed by atoms with Crippen molar-refractivity contribution in [3.63, 3.8) is 0 Å². The maximum absolute atomic E-state index is 10.3. The molecule has 138 valence electrons. The van der Waals surface area contributed by atoms with E-state index in [1.807, 2.05) is 0 Å². The summed E-state index contributed by atoms with van der Waals surface area (Å²) in [6, 6.07) is 1.75. The summed E-state index contributed by atoms with van der Waals surface area (Å²) >= 11 is 6.53. The van der Waals surface area contributed by atoms with Crippen molar-refractivity contribution in [1.82, 2.24) is 25.0 Å². The monoisotopic (exact) mass is 377 g/mol. The molecular weight excluding hydrogens is 358 g/mol. The van der Waals surface area contributed by atoms with Crippen molar-refractivity contribution < 1.29 is 14.7 Å². The number of aliphatic hydroxyl groups excluding tert-OH is 2. The van der Waals surface area contributed by atoms with Gasteiger partial charge in [-0.15, -0.1) is 10.2 Å². The molecule has 3 heterocycles. The highest BCUT2D eigenvalue weighted by molar-refractivity contribution is 6.30. The molecule has 3 aromatic rings. The van der Waals surface area contributed by atoms with Gasteiger partial charge in [0.05, 0.1) is 12.2 Å². The fraction of sp³-hybridized carbons (Fsp3) is 0.529. The molecule has 0 saturated heterocycles. The number of rotatable bonds is 3. The Morgan fingerprint density at radius 2 is 1.81 bits per heavy atom. The Kier molecular flexibility index (Phi) is 4.21. The zero-order chi connectivity index (χ0) is 18.6. The largest absolute Gasteiger partial charge is 0.393 e. The van der Waals surface area contributed by atoms with Crippen LogP contribution in [0.5, 0.6) is 0 Å². The molecule has 0 bridgehead atoms. The molecule has 8 nitrogen and oxygen atoms in total. The van der Waals surface area contributed by atoms with Gasteiger partial charge in [0, 0.05) is 29.0 Å². The second kappa shape index (κ2) is 6.29. The maximum atomic E-state index is 10.3. The van der Waals surface area contributed by atoms with Crippen LogP contribution in [0.4, 0.5) is 0 Å². The van der Waals surface area contributed by atoms with Crippen LogP contribution >= 0.6 is 11.6 Å². The van der Waals surface area contributed by atoms with Gasteiger partial charge in [0.25, 0.3) is 0 Å². The molecule has 4 unspecified atom stereocenters. The summed E-state index contributed by atoms with van der Waals surface area (Å²) in [6.07, 6.45) is 0.286. The summed E-state index contributed by atoms with van der Waals surface area (Å²) in [4.78, 5) is 0. The normalized spacial score (nSPS) is 22.4. The molecule has 0 spiro atoms. The molecule has 0 amide bonds. The third-order valence-corrected chi connectivity index (χ3v) is 5.41. The molecule has 0 aromatic carbocycles. The van der Waals surface area contributed by atoms with Crippen LogP contribution in [0.1, 0.15) is 55.4 Å². The van der Waals surface area contributed by atoms with Gasteiger partial charge in [0.15, 0.2) is 16.5 Å². The van der Waals surface area contributed by atoms with Gasteiger partial charge in [-0.05, 0) is 33.6 Å². The lowest BCUT2D eigenvalue weighted by Crippen LogP contribution is -2.29. The minimum absolute atomic E-state index is 0.153. The average Bonchev–Trinajstić information content (AvgIpc) is 3.19. The number of hydrogen-bond donors (Lipinski definition) is 2. The van der Waals surface area contributed by atoms with E-state index in [1.165, 1.54) is 4.52 Å². The number of nitrogens with zero attached hydrogens (tertiary/aromatic N) is 5. The molecular formula is C17H20ClN5O3. The predicted octanol–water partition coefficient (Wildman–Crippen LogP) is 2.46. The smallest absolute Gasteiger partial charge is 0.207 e. The highest BCUT2D eigenvalue weighted by Gasteiger charge is 2.37. The summed E-state index contributed by atoms with van der Waals surface area (Å²) in [5, 5.41) is 37.8. The van der Waals surface area contributed by atoms with Crippen LogP contribution in [-0.2, 0) is 0 Å². The van der Waals surface area contributed by atoms with Crippen LogP contribution in [0.25, 0.3) is 17.2 Å². The Hall–Kier alpha value is -2.03. The third kappa shape index (κ3) is 2.60. The second-order valence-electron chi connectivity index (χ2n) is 6.97. The highest BCUT2D eigenvalue weighted by atomic mass is 35.5. The first-order valence-electron chi connectivity index (χ1n) is 8.63. The van der Waals surface area contributed by atoms with Gasteiger partial charge < -0.3 is 14.7 Å². The van der Waals surface area contributed by atoms with E-state index < -0.39 is 12.2 Å². The molecule has 26 heavy (non-hydrogen) atoms. The predicted molar refractivity (Wildman–Crippen MR) is 94.1 cm³/mol. The Morgan fingerprint density at radius 3 is 2.38 bits per heavy atom. The summed E-state index contributed by atoms with van der Waals surface area (Å²) in [5.41, 5.74) is 2.59. The van der Waals surface area contributed by atoms with E-state index in [2.05, 4.69) is 20.5 Å². The molecule has 2 N–H and O–H groups in total. The molecule has 4 atom stereocenters. The molecule has 1 aliphatic carbocycles. The van der Waals surface area contributed by atoms with Crippen molar-refractivity contribution in [2.24, 2.45) is 0 Å². The average molecular weight is 378 g/mol. The summed E-state index contributed by atoms with van der Waals surface area (Å²) in [7, 11) is 0. The maximum Gasteiger partial charge on any atom is 0.207 e. The van der Waals surface area contributed by atoms with Crippen LogP contribution in [0, 0.1) is 6.92 Å². The molecule has 1 aliphatic rings. The van der Waals surface area contributed by atoms with E-state index in [0.29, 0.717) is 22.9 Å². The third-order valence-electron chi connectivity index (χ3n) is 5.13. The lowest BCUT2D eigenvalue weighted by Gasteiger charge is -2.34. The zero-order valence-electron chi connectivity index (χ0n) is 14.7. The van der Waals surface area contributed by atoms with E-state index in [1.54, 1.807) is 26.8 Å². The number of aliphatic hydroxyl groups is 2. The van der Waals surface area contributed by atoms with Crippen LogP contribution in [0.2, 0.25) is 5.15 Å². The number of aromatic nitrogens is 5.